The Labute approximate surface area is 225 Å². The highest BCUT2D eigenvalue weighted by atomic mass is 79.9. The Morgan fingerprint density at radius 3 is 2.20 bits per heavy atom. The summed E-state index contributed by atoms with van der Waals surface area (Å²) >= 11 is 16.2. The maximum atomic E-state index is 13.8. The van der Waals surface area contributed by atoms with Crippen molar-refractivity contribution in [1.82, 2.24) is 10.2 Å². The van der Waals surface area contributed by atoms with Crippen LogP contribution in [-0.4, -0.2) is 29.3 Å². The van der Waals surface area contributed by atoms with Gasteiger partial charge in [-0.2, -0.15) is 0 Å². The van der Waals surface area contributed by atoms with E-state index in [0.717, 1.165) is 28.4 Å². The van der Waals surface area contributed by atoms with Crippen molar-refractivity contribution in [3.8, 4) is 0 Å². The number of hydrogen-bond acceptors (Lipinski definition) is 2. The summed E-state index contributed by atoms with van der Waals surface area (Å²) in [5, 5.41) is 3.89. The maximum Gasteiger partial charge on any atom is 0.243 e. The van der Waals surface area contributed by atoms with Gasteiger partial charge < -0.3 is 10.2 Å². The van der Waals surface area contributed by atoms with E-state index in [1.54, 1.807) is 23.1 Å². The number of hydrogen-bond donors (Lipinski definition) is 1. The first kappa shape index (κ1) is 27.3. The SMILES string of the molecule is CCCCNC(=O)C(Cc1ccccc1)N(Cc1ccc(Br)cc1)C(=O)Cc1c(Cl)cccc1Cl. The summed E-state index contributed by atoms with van der Waals surface area (Å²) in [7, 11) is 0. The van der Waals surface area contributed by atoms with Crippen LogP contribution in [-0.2, 0) is 29.0 Å². The molecule has 3 aromatic rings. The number of amides is 2. The fraction of sp³-hybridized carbons (Fsp3) is 0.286. The summed E-state index contributed by atoms with van der Waals surface area (Å²) in [4.78, 5) is 28.9. The minimum atomic E-state index is -0.688. The second-order valence-electron chi connectivity index (χ2n) is 8.38. The van der Waals surface area contributed by atoms with Crippen molar-refractivity contribution in [1.29, 1.82) is 0 Å². The highest BCUT2D eigenvalue weighted by Gasteiger charge is 2.31. The Bertz CT molecular complexity index is 1100. The third-order valence-electron chi connectivity index (χ3n) is 5.76. The third kappa shape index (κ3) is 8.09. The maximum absolute atomic E-state index is 13.8. The fourth-order valence-corrected chi connectivity index (χ4v) is 4.60. The minimum absolute atomic E-state index is 0.00254. The molecule has 0 radical (unpaired) electrons. The lowest BCUT2D eigenvalue weighted by Gasteiger charge is -2.32. The highest BCUT2D eigenvalue weighted by Crippen LogP contribution is 2.26. The second kappa shape index (κ2) is 13.7. The smallest absolute Gasteiger partial charge is 0.243 e. The molecule has 0 spiro atoms. The van der Waals surface area contributed by atoms with Crippen LogP contribution < -0.4 is 5.32 Å². The molecule has 184 valence electrons. The van der Waals surface area contributed by atoms with Gasteiger partial charge in [-0.3, -0.25) is 9.59 Å². The van der Waals surface area contributed by atoms with Crippen molar-refractivity contribution in [2.45, 2.75) is 45.2 Å². The predicted octanol–water partition coefficient (Wildman–Crippen LogP) is 6.85. The van der Waals surface area contributed by atoms with Crippen LogP contribution in [0.4, 0.5) is 0 Å². The first-order valence-electron chi connectivity index (χ1n) is 11.7. The van der Waals surface area contributed by atoms with Gasteiger partial charge in [0.25, 0.3) is 0 Å². The molecule has 3 aromatic carbocycles. The number of unbranched alkanes of at least 4 members (excludes halogenated alkanes) is 1. The molecule has 0 aliphatic rings. The normalized spacial score (nSPS) is 11.7. The van der Waals surface area contributed by atoms with Gasteiger partial charge in [0, 0.05) is 34.0 Å². The van der Waals surface area contributed by atoms with Gasteiger partial charge in [0.05, 0.1) is 6.42 Å². The van der Waals surface area contributed by atoms with Crippen LogP contribution in [0.25, 0.3) is 0 Å². The van der Waals surface area contributed by atoms with Crippen molar-refractivity contribution in [3.63, 3.8) is 0 Å². The Balaban J connectivity index is 1.97. The van der Waals surface area contributed by atoms with Crippen LogP contribution in [0.2, 0.25) is 10.0 Å². The van der Waals surface area contributed by atoms with Gasteiger partial charge in [0.1, 0.15) is 6.04 Å². The highest BCUT2D eigenvalue weighted by molar-refractivity contribution is 9.10. The lowest BCUT2D eigenvalue weighted by Crippen LogP contribution is -2.51. The molecule has 0 aliphatic carbocycles. The summed E-state index contributed by atoms with van der Waals surface area (Å²) in [5.41, 5.74) is 2.46. The lowest BCUT2D eigenvalue weighted by molar-refractivity contribution is -0.140. The van der Waals surface area contributed by atoms with E-state index in [1.165, 1.54) is 0 Å². The van der Waals surface area contributed by atoms with E-state index in [-0.39, 0.29) is 24.8 Å². The number of nitrogens with one attached hydrogen (secondary N) is 1. The molecule has 0 fully saturated rings. The molecule has 0 aliphatic heterocycles. The number of carbonyl (C=O) groups is 2. The summed E-state index contributed by atoms with van der Waals surface area (Å²) in [6.07, 6.45) is 2.25. The van der Waals surface area contributed by atoms with Crippen molar-refractivity contribution in [2.24, 2.45) is 0 Å². The van der Waals surface area contributed by atoms with E-state index in [2.05, 4.69) is 28.2 Å². The van der Waals surface area contributed by atoms with E-state index >= 15 is 0 Å². The zero-order chi connectivity index (χ0) is 25.2. The lowest BCUT2D eigenvalue weighted by atomic mass is 10.0. The average Bonchev–Trinajstić information content (AvgIpc) is 2.85. The zero-order valence-electron chi connectivity index (χ0n) is 19.6. The van der Waals surface area contributed by atoms with Gasteiger partial charge in [-0.15, -0.1) is 0 Å². The first-order chi connectivity index (χ1) is 16.9. The van der Waals surface area contributed by atoms with E-state index in [9.17, 15) is 9.59 Å². The minimum Gasteiger partial charge on any atom is -0.354 e. The zero-order valence-corrected chi connectivity index (χ0v) is 22.7. The van der Waals surface area contributed by atoms with Crippen molar-refractivity contribution in [2.75, 3.05) is 6.54 Å². The Morgan fingerprint density at radius 1 is 0.914 bits per heavy atom. The largest absolute Gasteiger partial charge is 0.354 e. The Kier molecular flexibility index (Phi) is 10.6. The summed E-state index contributed by atoms with van der Waals surface area (Å²) < 4.78 is 0.945. The molecule has 1 N–H and O–H groups in total. The molecule has 1 unspecified atom stereocenters. The number of halogens is 3. The summed E-state index contributed by atoms with van der Waals surface area (Å²) in [5.74, 6) is -0.382. The number of benzene rings is 3. The molecule has 2 amide bonds. The molecule has 3 rings (SSSR count). The van der Waals surface area contributed by atoms with E-state index in [4.69, 9.17) is 23.2 Å². The molecular weight excluding hydrogens is 547 g/mol. The van der Waals surface area contributed by atoms with Crippen LogP contribution in [0.1, 0.15) is 36.5 Å². The topological polar surface area (TPSA) is 49.4 Å². The van der Waals surface area contributed by atoms with Crippen LogP contribution >= 0.6 is 39.1 Å². The molecule has 35 heavy (non-hydrogen) atoms. The first-order valence-corrected chi connectivity index (χ1v) is 13.2. The molecule has 0 heterocycles. The molecule has 4 nitrogen and oxygen atoms in total. The molecule has 1 atom stereocenters. The average molecular weight is 576 g/mol. The second-order valence-corrected chi connectivity index (χ2v) is 10.1. The number of nitrogens with zero attached hydrogens (tertiary/aromatic N) is 1. The number of rotatable bonds is 11. The monoisotopic (exact) mass is 574 g/mol. The van der Waals surface area contributed by atoms with Gasteiger partial charge in [-0.1, -0.05) is 101 Å². The van der Waals surface area contributed by atoms with Crippen LogP contribution in [0.3, 0.4) is 0 Å². The predicted molar refractivity (Wildman–Crippen MR) is 147 cm³/mol. The number of carbonyl (C=O) groups excluding carboxylic acids is 2. The molecule has 0 saturated carbocycles. The van der Waals surface area contributed by atoms with E-state index in [1.807, 2.05) is 54.6 Å². The third-order valence-corrected chi connectivity index (χ3v) is 6.99. The molecule has 0 aromatic heterocycles. The Morgan fingerprint density at radius 2 is 1.57 bits per heavy atom. The quantitative estimate of drug-likeness (QED) is 0.254. The molecular formula is C28H29BrCl2N2O2. The van der Waals surface area contributed by atoms with Crippen LogP contribution in [0, 0.1) is 0 Å². The standard InChI is InChI=1S/C28H29BrCl2N2O2/c1-2-3-16-32-28(35)26(17-20-8-5-4-6-9-20)33(19-21-12-14-22(29)15-13-21)27(34)18-23-24(30)10-7-11-25(23)31/h4-15,26H,2-3,16-19H2,1H3,(H,32,35). The fourth-order valence-electron chi connectivity index (χ4n) is 3.80. The molecule has 0 bridgehead atoms. The van der Waals surface area contributed by atoms with Crippen molar-refractivity contribution >= 4 is 50.9 Å². The van der Waals surface area contributed by atoms with Crippen LogP contribution in [0.15, 0.2) is 77.3 Å². The van der Waals surface area contributed by atoms with Gasteiger partial charge >= 0.3 is 0 Å². The van der Waals surface area contributed by atoms with Gasteiger partial charge in [-0.25, -0.2) is 0 Å². The van der Waals surface area contributed by atoms with Gasteiger partial charge in [-0.05, 0) is 47.4 Å². The summed E-state index contributed by atoms with van der Waals surface area (Å²) in [6.45, 7) is 2.93. The summed E-state index contributed by atoms with van der Waals surface area (Å²) in [6, 6.07) is 22.0. The molecule has 0 saturated heterocycles. The van der Waals surface area contributed by atoms with Crippen molar-refractivity contribution < 1.29 is 9.59 Å². The van der Waals surface area contributed by atoms with Crippen LogP contribution in [0.5, 0.6) is 0 Å². The van der Waals surface area contributed by atoms with E-state index < -0.39 is 6.04 Å². The van der Waals surface area contributed by atoms with Crippen molar-refractivity contribution in [3.05, 3.63) is 104 Å². The van der Waals surface area contributed by atoms with Gasteiger partial charge in [0.15, 0.2) is 0 Å². The molecule has 7 heteroatoms. The van der Waals surface area contributed by atoms with Gasteiger partial charge in [0.2, 0.25) is 11.8 Å². The van der Waals surface area contributed by atoms with E-state index in [0.29, 0.717) is 28.6 Å². The Hall–Kier alpha value is -2.34.